The first-order valence-electron chi connectivity index (χ1n) is 9.17. The highest BCUT2D eigenvalue weighted by atomic mass is 16.6. The Labute approximate surface area is 150 Å². The second-order valence-electron chi connectivity index (χ2n) is 7.65. The van der Waals surface area contributed by atoms with E-state index in [1.807, 2.05) is 0 Å². The SMILES string of the molecule is O=C(OC1CC2C3CCC(C3)C2C1OC(=O)c1ccoc1)c1ccoc1. The highest BCUT2D eigenvalue weighted by Gasteiger charge is 2.59. The standard InChI is InChI=1S/C20H20O6/c21-19(13-3-5-23-9-13)25-16-8-15-11-1-2-12(7-11)17(15)18(16)26-20(22)14-4-6-24-10-14/h3-6,9-12,15-18H,1-2,7-8H2. The molecule has 0 amide bonds. The summed E-state index contributed by atoms with van der Waals surface area (Å²) in [5.41, 5.74) is 0.765. The summed E-state index contributed by atoms with van der Waals surface area (Å²) in [4.78, 5) is 24.9. The fourth-order valence-electron chi connectivity index (χ4n) is 5.39. The smallest absolute Gasteiger partial charge is 0.341 e. The minimum absolute atomic E-state index is 0.284. The highest BCUT2D eigenvalue weighted by molar-refractivity contribution is 5.90. The Morgan fingerprint density at radius 2 is 1.54 bits per heavy atom. The third kappa shape index (κ3) is 2.47. The molecule has 2 aromatic rings. The van der Waals surface area contributed by atoms with Gasteiger partial charge in [0, 0.05) is 5.92 Å². The van der Waals surface area contributed by atoms with Gasteiger partial charge < -0.3 is 18.3 Å². The van der Waals surface area contributed by atoms with E-state index < -0.39 is 24.1 Å². The number of carbonyl (C=O) groups excluding carboxylic acids is 2. The van der Waals surface area contributed by atoms with Crippen molar-refractivity contribution < 1.29 is 27.9 Å². The summed E-state index contributed by atoms with van der Waals surface area (Å²) in [6.45, 7) is 0. The Morgan fingerprint density at radius 3 is 2.19 bits per heavy atom. The van der Waals surface area contributed by atoms with E-state index >= 15 is 0 Å². The van der Waals surface area contributed by atoms with Crippen molar-refractivity contribution in [2.45, 2.75) is 37.9 Å². The van der Waals surface area contributed by atoms with Crippen LogP contribution in [0.2, 0.25) is 0 Å². The highest BCUT2D eigenvalue weighted by Crippen LogP contribution is 2.60. The molecule has 0 N–H and O–H groups in total. The van der Waals surface area contributed by atoms with Crippen molar-refractivity contribution in [3.8, 4) is 0 Å². The van der Waals surface area contributed by atoms with Gasteiger partial charge >= 0.3 is 11.9 Å². The molecule has 6 heteroatoms. The molecule has 6 unspecified atom stereocenters. The number of esters is 2. The van der Waals surface area contributed by atoms with Gasteiger partial charge in [-0.3, -0.25) is 0 Å². The first-order chi connectivity index (χ1) is 12.7. The van der Waals surface area contributed by atoms with Crippen molar-refractivity contribution in [2.75, 3.05) is 0 Å². The van der Waals surface area contributed by atoms with Crippen LogP contribution in [0.15, 0.2) is 46.0 Å². The third-order valence-corrected chi connectivity index (χ3v) is 6.42. The topological polar surface area (TPSA) is 78.9 Å². The molecule has 26 heavy (non-hydrogen) atoms. The van der Waals surface area contributed by atoms with Gasteiger partial charge in [-0.2, -0.15) is 0 Å². The minimum Gasteiger partial charge on any atom is -0.472 e. The number of fused-ring (bicyclic) bond motifs is 5. The second kappa shape index (κ2) is 6.04. The Morgan fingerprint density at radius 1 is 0.885 bits per heavy atom. The van der Waals surface area contributed by atoms with Crippen LogP contribution >= 0.6 is 0 Å². The predicted octanol–water partition coefficient (Wildman–Crippen LogP) is 3.69. The van der Waals surface area contributed by atoms with Gasteiger partial charge in [-0.15, -0.1) is 0 Å². The monoisotopic (exact) mass is 356 g/mol. The summed E-state index contributed by atoms with van der Waals surface area (Å²) in [5.74, 6) is 1.13. The van der Waals surface area contributed by atoms with Crippen LogP contribution in [0.3, 0.4) is 0 Å². The van der Waals surface area contributed by atoms with E-state index in [1.54, 1.807) is 12.1 Å². The summed E-state index contributed by atoms with van der Waals surface area (Å²) in [7, 11) is 0. The van der Waals surface area contributed by atoms with Gasteiger partial charge in [0.05, 0.1) is 23.7 Å². The number of rotatable bonds is 4. The van der Waals surface area contributed by atoms with Crippen molar-refractivity contribution in [3.05, 3.63) is 48.3 Å². The van der Waals surface area contributed by atoms with Gasteiger partial charge in [0.2, 0.25) is 0 Å². The molecular weight excluding hydrogens is 336 g/mol. The largest absolute Gasteiger partial charge is 0.472 e. The molecular formula is C20H20O6. The molecule has 2 bridgehead atoms. The lowest BCUT2D eigenvalue weighted by atomic mass is 9.81. The van der Waals surface area contributed by atoms with Gasteiger partial charge in [-0.1, -0.05) is 0 Å². The van der Waals surface area contributed by atoms with Crippen LogP contribution < -0.4 is 0 Å². The number of ether oxygens (including phenoxy) is 2. The van der Waals surface area contributed by atoms with Gasteiger partial charge in [0.15, 0.2) is 0 Å². The molecule has 3 aliphatic carbocycles. The van der Waals surface area contributed by atoms with Crippen LogP contribution in [0.1, 0.15) is 46.4 Å². The minimum atomic E-state index is -0.430. The van der Waals surface area contributed by atoms with E-state index in [0.29, 0.717) is 28.9 Å². The molecule has 2 aromatic heterocycles. The molecule has 0 spiro atoms. The van der Waals surface area contributed by atoms with Gasteiger partial charge in [-0.25, -0.2) is 9.59 Å². The molecule has 0 saturated heterocycles. The molecule has 5 rings (SSSR count). The summed E-state index contributed by atoms with van der Waals surface area (Å²) >= 11 is 0. The molecule has 0 aromatic carbocycles. The van der Waals surface area contributed by atoms with Gasteiger partial charge in [0.1, 0.15) is 24.7 Å². The van der Waals surface area contributed by atoms with E-state index in [2.05, 4.69) is 0 Å². The van der Waals surface area contributed by atoms with Crippen LogP contribution in [-0.2, 0) is 9.47 Å². The number of furan rings is 2. The fraction of sp³-hybridized carbons (Fsp3) is 0.500. The average Bonchev–Trinajstić information content (AvgIpc) is 3.42. The molecule has 3 fully saturated rings. The van der Waals surface area contributed by atoms with Crippen LogP contribution in [0, 0.1) is 23.7 Å². The number of hydrogen-bond acceptors (Lipinski definition) is 6. The van der Waals surface area contributed by atoms with Crippen molar-refractivity contribution >= 4 is 11.9 Å². The number of carbonyl (C=O) groups is 2. The van der Waals surface area contributed by atoms with Gasteiger partial charge in [0.25, 0.3) is 0 Å². The Kier molecular flexibility index (Phi) is 3.65. The summed E-state index contributed by atoms with van der Waals surface area (Å²) in [6, 6.07) is 3.16. The molecule has 6 nitrogen and oxygen atoms in total. The van der Waals surface area contributed by atoms with E-state index in [0.717, 1.165) is 6.42 Å². The first kappa shape index (κ1) is 15.7. The summed E-state index contributed by atoms with van der Waals surface area (Å²) < 4.78 is 21.5. The van der Waals surface area contributed by atoms with E-state index in [9.17, 15) is 9.59 Å². The summed E-state index contributed by atoms with van der Waals surface area (Å²) in [5, 5.41) is 0. The van der Waals surface area contributed by atoms with Crippen molar-refractivity contribution in [2.24, 2.45) is 23.7 Å². The zero-order valence-electron chi connectivity index (χ0n) is 14.2. The Hall–Kier alpha value is -2.50. The second-order valence-corrected chi connectivity index (χ2v) is 7.65. The van der Waals surface area contributed by atoms with Crippen molar-refractivity contribution in [3.63, 3.8) is 0 Å². The molecule has 0 aliphatic heterocycles. The summed E-state index contributed by atoms with van der Waals surface area (Å²) in [6.07, 6.45) is 9.20. The molecule has 2 heterocycles. The zero-order chi connectivity index (χ0) is 17.7. The van der Waals surface area contributed by atoms with Crippen LogP contribution in [0.25, 0.3) is 0 Å². The van der Waals surface area contributed by atoms with Crippen LogP contribution in [0.4, 0.5) is 0 Å². The van der Waals surface area contributed by atoms with E-state index in [4.69, 9.17) is 18.3 Å². The quantitative estimate of drug-likeness (QED) is 0.778. The normalized spacial score (nSPS) is 34.6. The van der Waals surface area contributed by atoms with E-state index in [1.165, 1.54) is 44.3 Å². The predicted molar refractivity (Wildman–Crippen MR) is 88.3 cm³/mol. The maximum absolute atomic E-state index is 12.5. The van der Waals surface area contributed by atoms with Crippen molar-refractivity contribution in [1.82, 2.24) is 0 Å². The van der Waals surface area contributed by atoms with E-state index in [-0.39, 0.29) is 5.92 Å². The molecule has 3 aliphatic rings. The van der Waals surface area contributed by atoms with Gasteiger partial charge in [-0.05, 0) is 55.6 Å². The van der Waals surface area contributed by atoms with Crippen LogP contribution in [-0.4, -0.2) is 24.1 Å². The fourth-order valence-corrected chi connectivity index (χ4v) is 5.39. The molecule has 136 valence electrons. The van der Waals surface area contributed by atoms with Crippen molar-refractivity contribution in [1.29, 1.82) is 0 Å². The lowest BCUT2D eigenvalue weighted by Crippen LogP contribution is -2.37. The lowest BCUT2D eigenvalue weighted by Gasteiger charge is -2.29. The third-order valence-electron chi connectivity index (χ3n) is 6.42. The maximum atomic E-state index is 12.5. The molecule has 3 saturated carbocycles. The maximum Gasteiger partial charge on any atom is 0.341 e. The molecule has 0 radical (unpaired) electrons. The average molecular weight is 356 g/mol. The first-order valence-corrected chi connectivity index (χ1v) is 9.17. The molecule has 6 atom stereocenters. The van der Waals surface area contributed by atoms with Crippen LogP contribution in [0.5, 0.6) is 0 Å². The zero-order valence-corrected chi connectivity index (χ0v) is 14.2. The lowest BCUT2D eigenvalue weighted by molar-refractivity contribution is -0.0417. The number of hydrogen-bond donors (Lipinski definition) is 0. The Bertz CT molecular complexity index is 792. The Balaban J connectivity index is 1.37.